The minimum Gasteiger partial charge on any atom is -0.467 e. The van der Waals surface area contributed by atoms with E-state index in [9.17, 15) is 10.1 Å². The molecule has 3 aromatic rings. The number of hydrogen-bond donors (Lipinski definition) is 0. The first-order valence-corrected chi connectivity index (χ1v) is 20.6. The number of piperazine rings is 1. The lowest BCUT2D eigenvalue weighted by atomic mass is 9.94. The van der Waals surface area contributed by atoms with Gasteiger partial charge in [0.15, 0.2) is 15.1 Å². The summed E-state index contributed by atoms with van der Waals surface area (Å²) in [6.45, 7) is 23.4. The largest absolute Gasteiger partial charge is 0.467 e. The van der Waals surface area contributed by atoms with Gasteiger partial charge in [0, 0.05) is 80.3 Å². The molecular formula is C39H55N5O5Si. The second-order valence-electron chi connectivity index (χ2n) is 16.2. The SMILES string of the molecule is COCOc1c(CN2C(C)CN(c3ccc(C#N)c4ncccc34)CC2CO[Si](C)(C)C(C)(C)C)ccc2c1CCN(C(=O)OC(C)(C)C)C2. The molecule has 11 heteroatoms. The first kappa shape index (κ1) is 37.6. The van der Waals surface area contributed by atoms with Crippen molar-refractivity contribution in [1.82, 2.24) is 14.8 Å². The number of anilines is 1. The lowest BCUT2D eigenvalue weighted by Crippen LogP contribution is -2.60. The van der Waals surface area contributed by atoms with Crippen LogP contribution in [0.1, 0.15) is 70.7 Å². The lowest BCUT2D eigenvalue weighted by Gasteiger charge is -2.48. The number of amides is 1. The van der Waals surface area contributed by atoms with Crippen LogP contribution in [0, 0.1) is 11.3 Å². The Hall–Kier alpha value is -3.69. The molecule has 2 unspecified atom stereocenters. The number of nitrogens with zero attached hydrogens (tertiary/aromatic N) is 5. The van der Waals surface area contributed by atoms with E-state index in [4.69, 9.17) is 18.6 Å². The van der Waals surface area contributed by atoms with Gasteiger partial charge in [-0.1, -0.05) is 32.9 Å². The van der Waals surface area contributed by atoms with Gasteiger partial charge in [-0.2, -0.15) is 5.26 Å². The number of methoxy groups -OCH3 is 1. The molecule has 2 aliphatic rings. The van der Waals surface area contributed by atoms with Crippen molar-refractivity contribution in [3.8, 4) is 11.8 Å². The molecule has 1 fully saturated rings. The van der Waals surface area contributed by atoms with Crippen LogP contribution in [0.25, 0.3) is 10.9 Å². The summed E-state index contributed by atoms with van der Waals surface area (Å²) in [4.78, 5) is 24.3. The van der Waals surface area contributed by atoms with Gasteiger partial charge in [0.1, 0.15) is 17.4 Å². The van der Waals surface area contributed by atoms with E-state index in [-0.39, 0.29) is 30.0 Å². The van der Waals surface area contributed by atoms with E-state index in [0.717, 1.165) is 52.1 Å². The average molecular weight is 702 g/mol. The molecule has 0 N–H and O–H groups in total. The Morgan fingerprint density at radius 3 is 2.52 bits per heavy atom. The summed E-state index contributed by atoms with van der Waals surface area (Å²) in [6, 6.07) is 14.8. The second kappa shape index (κ2) is 14.9. The molecular weight excluding hydrogens is 647 g/mol. The molecule has 5 rings (SSSR count). The Balaban J connectivity index is 1.47. The van der Waals surface area contributed by atoms with Gasteiger partial charge in [-0.3, -0.25) is 9.88 Å². The van der Waals surface area contributed by atoms with Crippen molar-refractivity contribution in [2.24, 2.45) is 0 Å². The zero-order valence-electron chi connectivity index (χ0n) is 31.6. The quantitative estimate of drug-likeness (QED) is 0.166. The molecule has 50 heavy (non-hydrogen) atoms. The highest BCUT2D eigenvalue weighted by Crippen LogP contribution is 2.39. The molecule has 0 saturated carbocycles. The molecule has 10 nitrogen and oxygen atoms in total. The molecule has 270 valence electrons. The molecule has 1 saturated heterocycles. The number of rotatable bonds is 9. The van der Waals surface area contributed by atoms with Crippen LogP contribution in [0.2, 0.25) is 18.1 Å². The Labute approximate surface area is 299 Å². The fraction of sp³-hybridized carbons (Fsp3) is 0.564. The summed E-state index contributed by atoms with van der Waals surface area (Å²) in [5.74, 6) is 0.844. The van der Waals surface area contributed by atoms with Crippen LogP contribution in [0.3, 0.4) is 0 Å². The number of benzene rings is 2. The number of carbonyl (C=O) groups excluding carboxylic acids is 1. The normalized spacial score (nSPS) is 18.9. The zero-order valence-corrected chi connectivity index (χ0v) is 32.6. The zero-order chi connectivity index (χ0) is 36.4. The van der Waals surface area contributed by atoms with E-state index in [1.165, 1.54) is 0 Å². The van der Waals surface area contributed by atoms with Gasteiger partial charge in [-0.25, -0.2) is 4.79 Å². The van der Waals surface area contributed by atoms with Crippen molar-refractivity contribution in [2.45, 2.75) is 104 Å². The van der Waals surface area contributed by atoms with E-state index < -0.39 is 13.9 Å². The number of fused-ring (bicyclic) bond motifs is 2. The highest BCUT2D eigenvalue weighted by atomic mass is 28.4. The van der Waals surface area contributed by atoms with Gasteiger partial charge >= 0.3 is 6.09 Å². The number of ether oxygens (including phenoxy) is 3. The van der Waals surface area contributed by atoms with Crippen molar-refractivity contribution in [1.29, 1.82) is 5.26 Å². The summed E-state index contributed by atoms with van der Waals surface area (Å²) in [7, 11) is -0.408. The van der Waals surface area contributed by atoms with E-state index >= 15 is 0 Å². The summed E-state index contributed by atoms with van der Waals surface area (Å²) in [6.07, 6.45) is 2.12. The van der Waals surface area contributed by atoms with Crippen LogP contribution in [-0.4, -0.2) is 87.0 Å². The Bertz CT molecular complexity index is 1730. The van der Waals surface area contributed by atoms with Crippen LogP contribution in [0.5, 0.6) is 5.75 Å². The molecule has 2 aliphatic heterocycles. The Morgan fingerprint density at radius 1 is 1.08 bits per heavy atom. The van der Waals surface area contributed by atoms with E-state index in [1.54, 1.807) is 18.2 Å². The fourth-order valence-electron chi connectivity index (χ4n) is 6.66. The Kier molecular flexibility index (Phi) is 11.2. The molecule has 0 bridgehead atoms. The number of hydrogen-bond acceptors (Lipinski definition) is 9. The van der Waals surface area contributed by atoms with Gasteiger partial charge in [0.2, 0.25) is 0 Å². The van der Waals surface area contributed by atoms with Crippen molar-refractivity contribution in [3.63, 3.8) is 0 Å². The molecule has 0 radical (unpaired) electrons. The first-order valence-electron chi connectivity index (χ1n) is 17.7. The van der Waals surface area contributed by atoms with Crippen molar-refractivity contribution < 1.29 is 23.4 Å². The van der Waals surface area contributed by atoms with Crippen LogP contribution in [0.4, 0.5) is 10.5 Å². The molecule has 3 heterocycles. The first-order chi connectivity index (χ1) is 23.5. The maximum absolute atomic E-state index is 12.9. The van der Waals surface area contributed by atoms with Gasteiger partial charge < -0.3 is 28.4 Å². The third-order valence-corrected chi connectivity index (χ3v) is 14.9. The van der Waals surface area contributed by atoms with Crippen LogP contribution in [0.15, 0.2) is 42.6 Å². The third-order valence-electron chi connectivity index (χ3n) is 10.4. The number of aromatic nitrogens is 1. The van der Waals surface area contributed by atoms with Crippen LogP contribution < -0.4 is 9.64 Å². The van der Waals surface area contributed by atoms with E-state index in [1.807, 2.05) is 32.9 Å². The van der Waals surface area contributed by atoms with E-state index in [0.29, 0.717) is 38.2 Å². The number of nitriles is 1. The van der Waals surface area contributed by atoms with Crippen molar-refractivity contribution in [2.75, 3.05) is 45.0 Å². The third kappa shape index (κ3) is 8.26. The predicted molar refractivity (Wildman–Crippen MR) is 200 cm³/mol. The smallest absolute Gasteiger partial charge is 0.410 e. The Morgan fingerprint density at radius 2 is 1.84 bits per heavy atom. The highest BCUT2D eigenvalue weighted by molar-refractivity contribution is 6.74. The fourth-order valence-corrected chi connectivity index (χ4v) is 7.71. The highest BCUT2D eigenvalue weighted by Gasteiger charge is 2.40. The number of pyridine rings is 1. The summed E-state index contributed by atoms with van der Waals surface area (Å²) >= 11 is 0. The summed E-state index contributed by atoms with van der Waals surface area (Å²) in [5.41, 5.74) is 5.13. The maximum atomic E-state index is 12.9. The molecule has 2 aromatic carbocycles. The van der Waals surface area contributed by atoms with Crippen LogP contribution in [-0.2, 0) is 33.4 Å². The minimum atomic E-state index is -2.04. The van der Waals surface area contributed by atoms with Gasteiger partial charge in [0.25, 0.3) is 0 Å². The summed E-state index contributed by atoms with van der Waals surface area (Å²) in [5, 5.41) is 10.8. The topological polar surface area (TPSA) is 100 Å². The van der Waals surface area contributed by atoms with Gasteiger partial charge in [-0.05, 0) is 82.1 Å². The summed E-state index contributed by atoms with van der Waals surface area (Å²) < 4.78 is 24.3. The van der Waals surface area contributed by atoms with Crippen molar-refractivity contribution in [3.05, 3.63) is 64.8 Å². The standard InChI is InChI=1S/C39H55N5O5Si/c1-27-21-43(34-16-15-28(20-40)35-33(34)12-11-18-41-35)24-31(25-48-50(9,10)39(5,6)7)44(27)23-30-14-13-29-22-42(37(45)49-38(2,3)4)19-17-32(29)36(30)47-26-46-8/h11-16,18,27,31H,17,19,21-26H2,1-10H3. The lowest BCUT2D eigenvalue weighted by molar-refractivity contribution is 0.0216. The number of carbonyl (C=O) groups is 1. The average Bonchev–Trinajstić information content (AvgIpc) is 3.05. The second-order valence-corrected chi connectivity index (χ2v) is 21.0. The van der Waals surface area contributed by atoms with E-state index in [2.05, 4.69) is 85.9 Å². The molecule has 1 aromatic heterocycles. The van der Waals surface area contributed by atoms with Gasteiger partial charge in [-0.15, -0.1) is 0 Å². The molecule has 0 spiro atoms. The maximum Gasteiger partial charge on any atom is 0.410 e. The molecule has 1 amide bonds. The molecule has 0 aliphatic carbocycles. The minimum absolute atomic E-state index is 0.0830. The predicted octanol–water partition coefficient (Wildman–Crippen LogP) is 7.48. The van der Waals surface area contributed by atoms with Crippen molar-refractivity contribution >= 4 is 31.0 Å². The van der Waals surface area contributed by atoms with Gasteiger partial charge in [0.05, 0.1) is 17.7 Å². The molecule has 2 atom stereocenters. The van der Waals surface area contributed by atoms with Crippen LogP contribution >= 0.6 is 0 Å². The monoisotopic (exact) mass is 701 g/mol.